The number of carbonyl (C=O) groups excluding carboxylic acids is 1. The van der Waals surface area contributed by atoms with Gasteiger partial charge in [-0.1, -0.05) is 30.3 Å². The van der Waals surface area contributed by atoms with Crippen molar-refractivity contribution in [2.24, 2.45) is 0 Å². The maximum atomic E-state index is 12.3. The van der Waals surface area contributed by atoms with Crippen LogP contribution in [-0.4, -0.2) is 54.9 Å². The quantitative estimate of drug-likeness (QED) is 0.871. The molecule has 3 heterocycles. The molecule has 0 spiro atoms. The van der Waals surface area contributed by atoms with Gasteiger partial charge in [0, 0.05) is 24.8 Å². The summed E-state index contributed by atoms with van der Waals surface area (Å²) in [6, 6.07) is 9.66. The maximum absolute atomic E-state index is 12.3. The number of carbonyl (C=O) groups is 1. The second kappa shape index (κ2) is 6.78. The Morgan fingerprint density at radius 2 is 2.08 bits per heavy atom. The first-order valence-corrected chi connectivity index (χ1v) is 8.38. The van der Waals surface area contributed by atoms with Gasteiger partial charge in [0.05, 0.1) is 19.3 Å². The molecule has 7 heteroatoms. The molecule has 2 N–H and O–H groups in total. The first kappa shape index (κ1) is 16.0. The van der Waals surface area contributed by atoms with E-state index in [0.717, 1.165) is 11.1 Å². The molecule has 2 aromatic rings. The minimum Gasteiger partial charge on any atom is -0.377 e. The van der Waals surface area contributed by atoms with E-state index >= 15 is 0 Å². The predicted molar refractivity (Wildman–Crippen MR) is 92.5 cm³/mol. The molecule has 0 saturated carbocycles. The molecule has 0 aliphatic carbocycles. The van der Waals surface area contributed by atoms with Crippen molar-refractivity contribution in [1.82, 2.24) is 15.3 Å². The molecule has 130 valence electrons. The van der Waals surface area contributed by atoms with Gasteiger partial charge in [0.2, 0.25) is 0 Å². The van der Waals surface area contributed by atoms with Crippen LogP contribution in [0.2, 0.25) is 0 Å². The molecule has 2 atom stereocenters. The lowest BCUT2D eigenvalue weighted by molar-refractivity contribution is 0.0795. The van der Waals surface area contributed by atoms with Crippen LogP contribution in [0.4, 0.5) is 5.82 Å². The van der Waals surface area contributed by atoms with E-state index in [2.05, 4.69) is 15.6 Å². The number of methoxy groups -OCH3 is 1. The number of benzene rings is 1. The van der Waals surface area contributed by atoms with E-state index in [4.69, 9.17) is 14.5 Å². The summed E-state index contributed by atoms with van der Waals surface area (Å²) in [6.45, 7) is 1.68. The van der Waals surface area contributed by atoms with Crippen LogP contribution < -0.4 is 10.6 Å². The Labute approximate surface area is 145 Å². The molecule has 1 amide bonds. The highest BCUT2D eigenvalue weighted by atomic mass is 16.5. The number of fused-ring (bicyclic) bond motifs is 1. The number of amides is 1. The summed E-state index contributed by atoms with van der Waals surface area (Å²) >= 11 is 0. The van der Waals surface area contributed by atoms with Crippen LogP contribution in [0.15, 0.2) is 30.3 Å². The van der Waals surface area contributed by atoms with Crippen LogP contribution in [0.1, 0.15) is 16.1 Å². The van der Waals surface area contributed by atoms with Crippen molar-refractivity contribution in [2.45, 2.75) is 18.6 Å². The van der Waals surface area contributed by atoms with Crippen molar-refractivity contribution in [2.75, 3.05) is 32.2 Å². The fraction of sp³-hybridized carbons (Fsp3) is 0.389. The van der Waals surface area contributed by atoms with Crippen LogP contribution in [0.3, 0.4) is 0 Å². The second-order valence-corrected chi connectivity index (χ2v) is 6.16. The van der Waals surface area contributed by atoms with Gasteiger partial charge >= 0.3 is 0 Å². The van der Waals surface area contributed by atoms with Gasteiger partial charge in [0.25, 0.3) is 5.91 Å². The lowest BCUT2D eigenvalue weighted by Crippen LogP contribution is -2.37. The summed E-state index contributed by atoms with van der Waals surface area (Å²) in [5.74, 6) is 1.07. The number of nitrogens with one attached hydrogen (secondary N) is 2. The Morgan fingerprint density at radius 1 is 1.24 bits per heavy atom. The topological polar surface area (TPSA) is 85.4 Å². The summed E-state index contributed by atoms with van der Waals surface area (Å²) in [5, 5.41) is 6.27. The van der Waals surface area contributed by atoms with Crippen LogP contribution in [0.5, 0.6) is 0 Å². The van der Waals surface area contributed by atoms with Crippen molar-refractivity contribution >= 4 is 11.7 Å². The maximum Gasteiger partial charge on any atom is 0.270 e. The first-order valence-electron chi connectivity index (χ1n) is 8.38. The Morgan fingerprint density at radius 3 is 2.88 bits per heavy atom. The van der Waals surface area contributed by atoms with Gasteiger partial charge in [-0.2, -0.15) is 0 Å². The molecule has 1 saturated heterocycles. The van der Waals surface area contributed by atoms with Crippen molar-refractivity contribution < 1.29 is 14.3 Å². The van der Waals surface area contributed by atoms with E-state index in [1.807, 2.05) is 30.3 Å². The van der Waals surface area contributed by atoms with E-state index in [9.17, 15) is 4.79 Å². The van der Waals surface area contributed by atoms with Crippen LogP contribution in [0, 0.1) is 0 Å². The Hall–Kier alpha value is -2.51. The average molecular weight is 340 g/mol. The summed E-state index contributed by atoms with van der Waals surface area (Å²) in [7, 11) is 1.67. The molecule has 25 heavy (non-hydrogen) atoms. The molecule has 7 nitrogen and oxygen atoms in total. The molecule has 0 unspecified atom stereocenters. The lowest BCUT2D eigenvalue weighted by Gasteiger charge is -2.24. The number of hydrogen-bond donors (Lipinski definition) is 2. The third-order valence-corrected chi connectivity index (χ3v) is 4.57. The summed E-state index contributed by atoms with van der Waals surface area (Å²) in [6.07, 6.45) is 0.659. The zero-order valence-electron chi connectivity index (χ0n) is 14.0. The number of hydrogen-bond acceptors (Lipinski definition) is 6. The van der Waals surface area contributed by atoms with Crippen LogP contribution in [-0.2, 0) is 15.9 Å². The van der Waals surface area contributed by atoms with E-state index in [1.165, 1.54) is 0 Å². The van der Waals surface area contributed by atoms with Gasteiger partial charge in [0.15, 0.2) is 5.82 Å². The first-order chi connectivity index (χ1) is 12.3. The number of anilines is 1. The lowest BCUT2D eigenvalue weighted by atomic mass is 10.0. The second-order valence-electron chi connectivity index (χ2n) is 6.16. The fourth-order valence-corrected chi connectivity index (χ4v) is 3.21. The van der Waals surface area contributed by atoms with Gasteiger partial charge in [-0.05, 0) is 6.42 Å². The number of rotatable bonds is 4. The smallest absolute Gasteiger partial charge is 0.270 e. The normalized spacial score (nSPS) is 22.4. The summed E-state index contributed by atoms with van der Waals surface area (Å²) in [5.41, 5.74) is 2.17. The van der Waals surface area contributed by atoms with Crippen molar-refractivity contribution in [3.05, 3.63) is 41.6 Å². The van der Waals surface area contributed by atoms with Gasteiger partial charge < -0.3 is 20.1 Å². The number of aromatic nitrogens is 2. The molecular weight excluding hydrogens is 320 g/mol. The number of nitrogens with zero attached hydrogens (tertiary/aromatic N) is 2. The van der Waals surface area contributed by atoms with E-state index in [1.54, 1.807) is 7.11 Å². The molecule has 2 aliphatic heterocycles. The zero-order chi connectivity index (χ0) is 17.2. The Balaban J connectivity index is 1.76. The Bertz CT molecular complexity index is 781. The molecule has 0 bridgehead atoms. The average Bonchev–Trinajstić information content (AvgIpc) is 3.10. The molecule has 1 aromatic heterocycles. The van der Waals surface area contributed by atoms with Gasteiger partial charge in [-0.15, -0.1) is 0 Å². The molecule has 1 aromatic carbocycles. The van der Waals surface area contributed by atoms with E-state index < -0.39 is 0 Å². The Kier molecular flexibility index (Phi) is 4.33. The highest BCUT2D eigenvalue weighted by molar-refractivity contribution is 5.96. The summed E-state index contributed by atoms with van der Waals surface area (Å²) in [4.78, 5) is 21.5. The minimum atomic E-state index is -0.158. The fourth-order valence-electron chi connectivity index (χ4n) is 3.21. The third kappa shape index (κ3) is 3.08. The van der Waals surface area contributed by atoms with E-state index in [0.29, 0.717) is 43.5 Å². The largest absolute Gasteiger partial charge is 0.377 e. The van der Waals surface area contributed by atoms with Gasteiger partial charge in [-0.25, -0.2) is 9.97 Å². The summed E-state index contributed by atoms with van der Waals surface area (Å²) < 4.78 is 11.0. The van der Waals surface area contributed by atoms with E-state index in [-0.39, 0.29) is 18.1 Å². The highest BCUT2D eigenvalue weighted by Crippen LogP contribution is 2.26. The molecule has 0 radical (unpaired) electrons. The van der Waals surface area contributed by atoms with Crippen molar-refractivity contribution in [3.63, 3.8) is 0 Å². The number of ether oxygens (including phenoxy) is 2. The monoisotopic (exact) mass is 340 g/mol. The third-order valence-electron chi connectivity index (χ3n) is 4.57. The molecular formula is C18H20N4O3. The van der Waals surface area contributed by atoms with Crippen LogP contribution >= 0.6 is 0 Å². The predicted octanol–water partition coefficient (Wildman–Crippen LogP) is 1.26. The van der Waals surface area contributed by atoms with Gasteiger partial charge in [-0.3, -0.25) is 4.79 Å². The van der Waals surface area contributed by atoms with Crippen LogP contribution in [0.25, 0.3) is 11.4 Å². The van der Waals surface area contributed by atoms with Gasteiger partial charge in [0.1, 0.15) is 17.6 Å². The molecule has 1 fully saturated rings. The standard InChI is InChI=1S/C18H20N4O3/c1-24-14-10-25-9-13(14)20-17-12-7-8-19-18(23)15(12)21-16(22-17)11-5-3-2-4-6-11/h2-6,13-14H,7-10H2,1H3,(H,19,23)(H,20,21,22)/t13-,14+/m0/s1. The molecule has 4 rings (SSSR count). The minimum absolute atomic E-state index is 0.00221. The van der Waals surface area contributed by atoms with Crippen molar-refractivity contribution in [1.29, 1.82) is 0 Å². The highest BCUT2D eigenvalue weighted by Gasteiger charge is 2.31. The SMILES string of the molecule is CO[C@@H]1COC[C@@H]1Nc1nc(-c2ccccc2)nc2c1CCNC2=O. The molecule has 2 aliphatic rings. The van der Waals surface area contributed by atoms with Crippen molar-refractivity contribution in [3.8, 4) is 11.4 Å². The zero-order valence-corrected chi connectivity index (χ0v) is 14.0.